The van der Waals surface area contributed by atoms with Crippen molar-refractivity contribution < 1.29 is 9.18 Å². The Balaban J connectivity index is 1.38. The Hall–Kier alpha value is -3.44. The summed E-state index contributed by atoms with van der Waals surface area (Å²) in [4.78, 5) is 19.9. The van der Waals surface area contributed by atoms with Gasteiger partial charge in [0.05, 0.1) is 0 Å². The number of amides is 1. The molecule has 34 heavy (non-hydrogen) atoms. The van der Waals surface area contributed by atoms with Crippen LogP contribution in [0.4, 0.5) is 4.39 Å². The van der Waals surface area contributed by atoms with Crippen molar-refractivity contribution in [2.75, 3.05) is 13.1 Å². The van der Waals surface area contributed by atoms with E-state index in [4.69, 9.17) is 0 Å². The summed E-state index contributed by atoms with van der Waals surface area (Å²) in [6, 6.07) is 23.9. The van der Waals surface area contributed by atoms with E-state index in [-0.39, 0.29) is 5.82 Å². The molecular weight excluding hydrogens is 425 g/mol. The summed E-state index contributed by atoms with van der Waals surface area (Å²) < 4.78 is 14.1. The lowest BCUT2D eigenvalue weighted by atomic mass is 9.96. The molecule has 1 saturated heterocycles. The zero-order chi connectivity index (χ0) is 23.5. The predicted octanol–water partition coefficient (Wildman–Crippen LogP) is 5.91. The van der Waals surface area contributed by atoms with Crippen LogP contribution in [-0.4, -0.2) is 40.3 Å². The van der Waals surface area contributed by atoms with Crippen LogP contribution in [0, 0.1) is 12.7 Å². The van der Waals surface area contributed by atoms with Crippen molar-refractivity contribution in [3.63, 3.8) is 0 Å². The van der Waals surface area contributed by atoms with Crippen LogP contribution in [0.15, 0.2) is 72.8 Å². The molecule has 1 fully saturated rings. The number of fused-ring (bicyclic) bond motifs is 1. The Kier molecular flexibility index (Phi) is 6.45. The van der Waals surface area contributed by atoms with E-state index in [1.165, 1.54) is 11.6 Å². The van der Waals surface area contributed by atoms with Crippen LogP contribution in [0.2, 0.25) is 0 Å². The summed E-state index contributed by atoms with van der Waals surface area (Å²) in [5, 5.41) is 0.868. The molecule has 1 N–H and O–H groups in total. The standard InChI is InChI=1S/C29H30FN3O/c1-21-29(27-16-24(30)13-14-28(27)31-21)26-12-6-5-10-23(26)18-32(20-34)19-25-11-7-15-33(25)17-22-8-3-2-4-9-22/h2-6,8-10,12-14,16,20,25,31H,7,11,15,17-19H2,1H3. The molecule has 5 heteroatoms. The zero-order valence-electron chi connectivity index (χ0n) is 19.5. The number of aromatic nitrogens is 1. The molecule has 0 radical (unpaired) electrons. The maximum absolute atomic E-state index is 14.1. The predicted molar refractivity (Wildman–Crippen MR) is 135 cm³/mol. The third kappa shape index (κ3) is 4.62. The Labute approximate surface area is 200 Å². The van der Waals surface area contributed by atoms with Crippen LogP contribution >= 0.6 is 0 Å². The maximum atomic E-state index is 14.1. The van der Waals surface area contributed by atoms with Crippen LogP contribution in [0.25, 0.3) is 22.0 Å². The van der Waals surface area contributed by atoms with Gasteiger partial charge in [-0.1, -0.05) is 54.6 Å². The minimum Gasteiger partial charge on any atom is -0.358 e. The van der Waals surface area contributed by atoms with Crippen molar-refractivity contribution in [3.8, 4) is 11.1 Å². The number of likely N-dealkylation sites (tertiary alicyclic amines) is 1. The molecule has 4 nitrogen and oxygen atoms in total. The number of halogens is 1. The van der Waals surface area contributed by atoms with Gasteiger partial charge in [0, 0.05) is 47.8 Å². The number of hydrogen-bond donors (Lipinski definition) is 1. The SMILES string of the molecule is Cc1[nH]c2ccc(F)cc2c1-c1ccccc1CN(C=O)CC1CCCN1Cc1ccccc1. The average Bonchev–Trinajstić information content (AvgIpc) is 3.42. The molecule has 0 aliphatic carbocycles. The van der Waals surface area contributed by atoms with Crippen LogP contribution in [0.5, 0.6) is 0 Å². The lowest BCUT2D eigenvalue weighted by Crippen LogP contribution is -2.39. The largest absolute Gasteiger partial charge is 0.358 e. The highest BCUT2D eigenvalue weighted by molar-refractivity contribution is 5.98. The molecule has 0 bridgehead atoms. The number of aryl methyl sites for hydroxylation is 1. The highest BCUT2D eigenvalue weighted by Crippen LogP contribution is 2.35. The zero-order valence-corrected chi connectivity index (χ0v) is 19.5. The average molecular weight is 456 g/mol. The topological polar surface area (TPSA) is 39.3 Å². The van der Waals surface area contributed by atoms with Crippen molar-refractivity contribution in [2.45, 2.75) is 38.9 Å². The summed E-state index contributed by atoms with van der Waals surface area (Å²) in [5.41, 5.74) is 6.32. The van der Waals surface area contributed by atoms with E-state index in [0.717, 1.165) is 65.6 Å². The second-order valence-electron chi connectivity index (χ2n) is 9.26. The van der Waals surface area contributed by atoms with E-state index < -0.39 is 0 Å². The number of hydrogen-bond acceptors (Lipinski definition) is 2. The molecule has 1 aliphatic heterocycles. The van der Waals surface area contributed by atoms with Gasteiger partial charge in [0.1, 0.15) is 5.82 Å². The number of carbonyl (C=O) groups is 1. The highest BCUT2D eigenvalue weighted by Gasteiger charge is 2.26. The lowest BCUT2D eigenvalue weighted by Gasteiger charge is -2.29. The Morgan fingerprint density at radius 3 is 2.71 bits per heavy atom. The second-order valence-corrected chi connectivity index (χ2v) is 9.26. The maximum Gasteiger partial charge on any atom is 0.210 e. The van der Waals surface area contributed by atoms with E-state index >= 15 is 0 Å². The molecular formula is C29H30FN3O. The minimum atomic E-state index is -0.250. The first kappa shape index (κ1) is 22.4. The van der Waals surface area contributed by atoms with Crippen LogP contribution in [0.3, 0.4) is 0 Å². The molecule has 1 amide bonds. The van der Waals surface area contributed by atoms with Crippen LogP contribution in [0.1, 0.15) is 29.7 Å². The fourth-order valence-corrected chi connectivity index (χ4v) is 5.31. The first-order valence-corrected chi connectivity index (χ1v) is 12.0. The smallest absolute Gasteiger partial charge is 0.210 e. The van der Waals surface area contributed by atoms with Gasteiger partial charge in [0.25, 0.3) is 0 Å². The highest BCUT2D eigenvalue weighted by atomic mass is 19.1. The van der Waals surface area contributed by atoms with Gasteiger partial charge in [-0.05, 0) is 61.2 Å². The molecule has 2 heterocycles. The minimum absolute atomic E-state index is 0.250. The molecule has 4 aromatic rings. The third-order valence-electron chi connectivity index (χ3n) is 6.93. The number of rotatable bonds is 8. The van der Waals surface area contributed by atoms with Gasteiger partial charge in [-0.3, -0.25) is 9.69 Å². The van der Waals surface area contributed by atoms with Gasteiger partial charge >= 0.3 is 0 Å². The Bertz CT molecular complexity index is 1280. The van der Waals surface area contributed by atoms with Crippen molar-refractivity contribution in [2.24, 2.45) is 0 Å². The number of benzene rings is 3. The van der Waals surface area contributed by atoms with Gasteiger partial charge in [-0.25, -0.2) is 4.39 Å². The van der Waals surface area contributed by atoms with Gasteiger partial charge in [-0.2, -0.15) is 0 Å². The molecule has 174 valence electrons. The number of nitrogens with zero attached hydrogens (tertiary/aromatic N) is 2. The van der Waals surface area contributed by atoms with Gasteiger partial charge in [0.15, 0.2) is 0 Å². The molecule has 3 aromatic carbocycles. The summed E-state index contributed by atoms with van der Waals surface area (Å²) in [7, 11) is 0. The normalized spacial score (nSPS) is 16.2. The lowest BCUT2D eigenvalue weighted by molar-refractivity contribution is -0.119. The van der Waals surface area contributed by atoms with Crippen molar-refractivity contribution in [3.05, 3.63) is 95.4 Å². The van der Waals surface area contributed by atoms with Crippen molar-refractivity contribution in [1.29, 1.82) is 0 Å². The molecule has 1 aliphatic rings. The molecule has 1 aromatic heterocycles. The molecule has 5 rings (SSSR count). The molecule has 1 atom stereocenters. The van der Waals surface area contributed by atoms with E-state index in [9.17, 15) is 9.18 Å². The van der Waals surface area contributed by atoms with E-state index in [1.807, 2.05) is 30.0 Å². The Morgan fingerprint density at radius 2 is 1.88 bits per heavy atom. The van der Waals surface area contributed by atoms with Gasteiger partial charge in [0.2, 0.25) is 6.41 Å². The van der Waals surface area contributed by atoms with Crippen molar-refractivity contribution >= 4 is 17.3 Å². The van der Waals surface area contributed by atoms with Gasteiger partial charge in [-0.15, -0.1) is 0 Å². The van der Waals surface area contributed by atoms with Gasteiger partial charge < -0.3 is 9.88 Å². The van der Waals surface area contributed by atoms with E-state index in [2.05, 4.69) is 46.3 Å². The Morgan fingerprint density at radius 1 is 1.09 bits per heavy atom. The molecule has 0 saturated carbocycles. The first-order chi connectivity index (χ1) is 16.6. The quantitative estimate of drug-likeness (QED) is 0.336. The first-order valence-electron chi connectivity index (χ1n) is 12.0. The van der Waals surface area contributed by atoms with E-state index in [0.29, 0.717) is 19.1 Å². The number of H-pyrrole nitrogens is 1. The summed E-state index contributed by atoms with van der Waals surface area (Å²) in [6.07, 6.45) is 3.22. The summed E-state index contributed by atoms with van der Waals surface area (Å²) in [5.74, 6) is -0.250. The van der Waals surface area contributed by atoms with Crippen LogP contribution in [-0.2, 0) is 17.9 Å². The fourth-order valence-electron chi connectivity index (χ4n) is 5.31. The monoisotopic (exact) mass is 455 g/mol. The van der Waals surface area contributed by atoms with Crippen LogP contribution < -0.4 is 0 Å². The number of nitrogens with one attached hydrogen (secondary N) is 1. The third-order valence-corrected chi connectivity index (χ3v) is 6.93. The molecule has 1 unspecified atom stereocenters. The fraction of sp³-hybridized carbons (Fsp3) is 0.276. The summed E-state index contributed by atoms with van der Waals surface area (Å²) in [6.45, 7) is 5.21. The second kappa shape index (κ2) is 9.82. The van der Waals surface area contributed by atoms with Crippen molar-refractivity contribution in [1.82, 2.24) is 14.8 Å². The molecule has 0 spiro atoms. The van der Waals surface area contributed by atoms with E-state index in [1.54, 1.807) is 12.1 Å². The summed E-state index contributed by atoms with van der Waals surface area (Å²) >= 11 is 0. The number of aromatic amines is 1. The number of carbonyl (C=O) groups excluding carboxylic acids is 1.